The summed E-state index contributed by atoms with van der Waals surface area (Å²) < 4.78 is 0. The van der Waals surface area contributed by atoms with Crippen LogP contribution < -0.4 is 11.5 Å². The van der Waals surface area contributed by atoms with Crippen LogP contribution in [0.2, 0.25) is 0 Å². The molecule has 0 saturated carbocycles. The molecule has 0 aliphatic carbocycles. The molecule has 6 heteroatoms. The molecule has 1 heterocycles. The summed E-state index contributed by atoms with van der Waals surface area (Å²) in [6, 6.07) is 4.58. The highest BCUT2D eigenvalue weighted by atomic mass is 16.2. The molecule has 0 aromatic heterocycles. The van der Waals surface area contributed by atoms with Crippen molar-refractivity contribution < 1.29 is 14.4 Å². The van der Waals surface area contributed by atoms with E-state index in [1.165, 1.54) is 12.1 Å². The summed E-state index contributed by atoms with van der Waals surface area (Å²) >= 11 is 0. The Hall–Kier alpha value is -2.21. The van der Waals surface area contributed by atoms with Gasteiger partial charge in [-0.25, -0.2) is 4.90 Å². The third-order valence-electron chi connectivity index (χ3n) is 4.30. The first-order chi connectivity index (χ1) is 9.50. The largest absolute Gasteiger partial charge is 0.398 e. The predicted molar refractivity (Wildman–Crippen MR) is 78.4 cm³/mol. The number of nitrogens with two attached hydrogens (primary N) is 2. The molecule has 0 bridgehead atoms. The summed E-state index contributed by atoms with van der Waals surface area (Å²) in [5.41, 5.74) is 10.2. The number of benzene rings is 1. The van der Waals surface area contributed by atoms with E-state index in [2.05, 4.69) is 0 Å². The van der Waals surface area contributed by atoms with Crippen molar-refractivity contribution in [3.8, 4) is 0 Å². The summed E-state index contributed by atoms with van der Waals surface area (Å²) in [4.78, 5) is 38.1. The molecule has 1 aliphatic rings. The maximum absolute atomic E-state index is 12.7. The first-order valence-corrected chi connectivity index (χ1v) is 6.60. The first-order valence-electron chi connectivity index (χ1n) is 6.60. The third kappa shape index (κ3) is 2.03. The zero-order chi connectivity index (χ0) is 16.2. The van der Waals surface area contributed by atoms with Crippen LogP contribution in [0.25, 0.3) is 0 Å². The molecule has 6 nitrogen and oxygen atoms in total. The SMILES string of the molecule is CC(C)(N)C(C)(C)C(=O)N1C(=O)c2cccc(N)c2C1=O. The lowest BCUT2D eigenvalue weighted by Crippen LogP contribution is -2.57. The quantitative estimate of drug-likeness (QED) is 0.627. The average molecular weight is 289 g/mol. The van der Waals surface area contributed by atoms with E-state index in [9.17, 15) is 14.4 Å². The van der Waals surface area contributed by atoms with Gasteiger partial charge < -0.3 is 11.5 Å². The van der Waals surface area contributed by atoms with Crippen LogP contribution in [0.15, 0.2) is 18.2 Å². The molecule has 4 N–H and O–H groups in total. The summed E-state index contributed by atoms with van der Waals surface area (Å²) in [5, 5.41) is 0. The normalized spacial score (nSPS) is 15.4. The van der Waals surface area contributed by atoms with Gasteiger partial charge in [0.2, 0.25) is 5.91 Å². The number of anilines is 1. The second-order valence-corrected chi connectivity index (χ2v) is 6.37. The van der Waals surface area contributed by atoms with Crippen molar-refractivity contribution in [3.05, 3.63) is 29.3 Å². The van der Waals surface area contributed by atoms with Gasteiger partial charge in [-0.05, 0) is 39.8 Å². The number of carbonyl (C=O) groups is 3. The Balaban J connectivity index is 2.50. The van der Waals surface area contributed by atoms with E-state index in [1.807, 2.05) is 0 Å². The number of rotatable bonds is 2. The zero-order valence-electron chi connectivity index (χ0n) is 12.6. The van der Waals surface area contributed by atoms with Gasteiger partial charge in [-0.3, -0.25) is 14.4 Å². The molecule has 1 aromatic carbocycles. The fourth-order valence-corrected chi connectivity index (χ4v) is 2.05. The second kappa shape index (κ2) is 4.39. The van der Waals surface area contributed by atoms with Crippen molar-refractivity contribution in [3.63, 3.8) is 0 Å². The van der Waals surface area contributed by atoms with Gasteiger partial charge in [0.15, 0.2) is 0 Å². The van der Waals surface area contributed by atoms with E-state index in [0.717, 1.165) is 0 Å². The molecule has 0 saturated heterocycles. The summed E-state index contributed by atoms with van der Waals surface area (Å²) in [5.74, 6) is -1.96. The molecule has 1 aromatic rings. The Kier molecular flexibility index (Phi) is 3.18. The van der Waals surface area contributed by atoms with Gasteiger partial charge in [-0.1, -0.05) is 6.07 Å². The zero-order valence-corrected chi connectivity index (χ0v) is 12.6. The van der Waals surface area contributed by atoms with Gasteiger partial charge >= 0.3 is 0 Å². The lowest BCUT2D eigenvalue weighted by molar-refractivity contribution is -0.138. The standard InChI is InChI=1S/C15H19N3O3/c1-14(2,15(3,4)17)13(21)18-11(19)8-6-5-7-9(16)10(8)12(18)20/h5-7H,16-17H2,1-4H3. The second-order valence-electron chi connectivity index (χ2n) is 6.37. The van der Waals surface area contributed by atoms with Gasteiger partial charge in [-0.15, -0.1) is 0 Å². The van der Waals surface area contributed by atoms with Crippen molar-refractivity contribution in [2.75, 3.05) is 5.73 Å². The molecule has 112 valence electrons. The van der Waals surface area contributed by atoms with E-state index in [0.29, 0.717) is 4.90 Å². The smallest absolute Gasteiger partial charge is 0.270 e. The van der Waals surface area contributed by atoms with Crippen LogP contribution in [0, 0.1) is 5.41 Å². The summed E-state index contributed by atoms with van der Waals surface area (Å²) in [6.07, 6.45) is 0. The minimum atomic E-state index is -1.09. The first kappa shape index (κ1) is 15.2. The molecule has 0 atom stereocenters. The van der Waals surface area contributed by atoms with E-state index < -0.39 is 28.7 Å². The highest BCUT2D eigenvalue weighted by Crippen LogP contribution is 2.35. The molecule has 0 unspecified atom stereocenters. The Labute approximate surface area is 123 Å². The molecule has 2 rings (SSSR count). The van der Waals surface area contributed by atoms with Crippen LogP contribution in [0.5, 0.6) is 0 Å². The number of nitrogen functional groups attached to an aromatic ring is 1. The topological polar surface area (TPSA) is 106 Å². The molecule has 0 spiro atoms. The van der Waals surface area contributed by atoms with Crippen LogP contribution in [0.3, 0.4) is 0 Å². The van der Waals surface area contributed by atoms with Crippen molar-refractivity contribution in [2.24, 2.45) is 11.1 Å². The Morgan fingerprint density at radius 2 is 1.67 bits per heavy atom. The van der Waals surface area contributed by atoms with Gasteiger partial charge in [0.25, 0.3) is 11.8 Å². The van der Waals surface area contributed by atoms with Crippen molar-refractivity contribution in [2.45, 2.75) is 33.2 Å². The van der Waals surface area contributed by atoms with E-state index in [-0.39, 0.29) is 16.8 Å². The molecular formula is C15H19N3O3. The fourth-order valence-electron chi connectivity index (χ4n) is 2.05. The number of hydrogen-bond donors (Lipinski definition) is 2. The number of imide groups is 3. The minimum absolute atomic E-state index is 0.0847. The molecule has 21 heavy (non-hydrogen) atoms. The fraction of sp³-hybridized carbons (Fsp3) is 0.400. The Morgan fingerprint density at radius 3 is 2.14 bits per heavy atom. The van der Waals surface area contributed by atoms with Crippen molar-refractivity contribution in [1.82, 2.24) is 4.90 Å². The van der Waals surface area contributed by atoms with E-state index in [4.69, 9.17) is 11.5 Å². The van der Waals surface area contributed by atoms with Crippen LogP contribution in [0.4, 0.5) is 5.69 Å². The van der Waals surface area contributed by atoms with Gasteiger partial charge in [0, 0.05) is 11.2 Å². The number of nitrogens with zero attached hydrogens (tertiary/aromatic N) is 1. The number of fused-ring (bicyclic) bond motifs is 1. The molecule has 1 aliphatic heterocycles. The van der Waals surface area contributed by atoms with Crippen molar-refractivity contribution >= 4 is 23.4 Å². The number of hydrogen-bond acceptors (Lipinski definition) is 5. The molecular weight excluding hydrogens is 270 g/mol. The molecule has 0 fully saturated rings. The van der Waals surface area contributed by atoms with Crippen molar-refractivity contribution in [1.29, 1.82) is 0 Å². The van der Waals surface area contributed by atoms with Crippen LogP contribution in [-0.2, 0) is 4.79 Å². The maximum Gasteiger partial charge on any atom is 0.270 e. The monoisotopic (exact) mass is 289 g/mol. The van der Waals surface area contributed by atoms with Gasteiger partial charge in [0.05, 0.1) is 16.5 Å². The lowest BCUT2D eigenvalue weighted by atomic mass is 9.74. The average Bonchev–Trinajstić information content (AvgIpc) is 2.61. The predicted octanol–water partition coefficient (Wildman–Crippen LogP) is 1.15. The highest BCUT2D eigenvalue weighted by Gasteiger charge is 2.50. The van der Waals surface area contributed by atoms with E-state index in [1.54, 1.807) is 33.8 Å². The van der Waals surface area contributed by atoms with Crippen LogP contribution >= 0.6 is 0 Å². The number of carbonyl (C=O) groups excluding carboxylic acids is 3. The van der Waals surface area contributed by atoms with Crippen LogP contribution in [-0.4, -0.2) is 28.2 Å². The Morgan fingerprint density at radius 1 is 1.10 bits per heavy atom. The minimum Gasteiger partial charge on any atom is -0.398 e. The highest BCUT2D eigenvalue weighted by molar-refractivity contribution is 6.31. The lowest BCUT2D eigenvalue weighted by Gasteiger charge is -2.38. The van der Waals surface area contributed by atoms with Gasteiger partial charge in [0.1, 0.15) is 0 Å². The van der Waals surface area contributed by atoms with Crippen LogP contribution in [0.1, 0.15) is 48.4 Å². The summed E-state index contributed by atoms with van der Waals surface area (Å²) in [6.45, 7) is 6.58. The molecule has 3 amide bonds. The summed E-state index contributed by atoms with van der Waals surface area (Å²) in [7, 11) is 0. The Bertz CT molecular complexity index is 657. The molecule has 0 radical (unpaired) electrons. The maximum atomic E-state index is 12.7. The van der Waals surface area contributed by atoms with Gasteiger partial charge in [-0.2, -0.15) is 0 Å². The third-order valence-corrected chi connectivity index (χ3v) is 4.30. The number of amides is 3. The van der Waals surface area contributed by atoms with E-state index >= 15 is 0 Å².